The highest BCUT2D eigenvalue weighted by molar-refractivity contribution is 5.68. The van der Waals surface area contributed by atoms with Crippen molar-refractivity contribution in [1.29, 1.82) is 0 Å². The van der Waals surface area contributed by atoms with E-state index in [1.165, 1.54) is 103 Å². The number of esters is 1. The van der Waals surface area contributed by atoms with Gasteiger partial charge >= 0.3 is 5.97 Å². The van der Waals surface area contributed by atoms with Crippen LogP contribution in [0.5, 0.6) is 0 Å². The minimum absolute atomic E-state index is 0.101. The Balaban J connectivity index is 3.34. The number of methoxy groups -OCH3 is 1. The fourth-order valence-electron chi connectivity index (χ4n) is 4.00. The minimum atomic E-state index is -0.304. The van der Waals surface area contributed by atoms with Gasteiger partial charge in [-0.25, -0.2) is 0 Å². The Morgan fingerprint density at radius 1 is 0.719 bits per heavy atom. The first-order valence-electron chi connectivity index (χ1n) is 13.8. The lowest BCUT2D eigenvalue weighted by atomic mass is 10.0. The van der Waals surface area contributed by atoms with Gasteiger partial charge in [-0.1, -0.05) is 134 Å². The fraction of sp³-hybridized carbons (Fsp3) is 0.828. The van der Waals surface area contributed by atoms with Gasteiger partial charge in [0.2, 0.25) is 0 Å². The van der Waals surface area contributed by atoms with E-state index in [1.54, 1.807) is 0 Å². The second kappa shape index (κ2) is 26.2. The molecule has 0 aromatic heterocycles. The number of carbonyl (C=O) groups is 1. The van der Waals surface area contributed by atoms with E-state index in [0.29, 0.717) is 6.42 Å². The van der Waals surface area contributed by atoms with E-state index in [9.17, 15) is 9.90 Å². The molecule has 0 aliphatic carbocycles. The van der Waals surface area contributed by atoms with Gasteiger partial charge < -0.3 is 9.84 Å². The molecule has 1 atom stereocenters. The highest BCUT2D eigenvalue weighted by Crippen LogP contribution is 2.13. The van der Waals surface area contributed by atoms with Crippen LogP contribution in [0.1, 0.15) is 142 Å². The third-order valence-electron chi connectivity index (χ3n) is 6.16. The van der Waals surface area contributed by atoms with Crippen molar-refractivity contribution in [3.63, 3.8) is 0 Å². The molecule has 188 valence electrons. The van der Waals surface area contributed by atoms with Crippen molar-refractivity contribution < 1.29 is 14.6 Å². The molecule has 0 saturated carbocycles. The van der Waals surface area contributed by atoms with Crippen molar-refractivity contribution in [3.8, 4) is 0 Å². The summed E-state index contributed by atoms with van der Waals surface area (Å²) in [6.07, 6.45) is 33.7. The van der Waals surface area contributed by atoms with E-state index < -0.39 is 0 Å². The Bertz CT molecular complexity index is 442. The van der Waals surface area contributed by atoms with Crippen molar-refractivity contribution in [2.24, 2.45) is 0 Å². The maximum Gasteiger partial charge on any atom is 0.305 e. The van der Waals surface area contributed by atoms with Crippen LogP contribution in [0.3, 0.4) is 0 Å². The second-order valence-electron chi connectivity index (χ2n) is 9.29. The van der Waals surface area contributed by atoms with Crippen molar-refractivity contribution in [3.05, 3.63) is 24.3 Å². The monoisotopic (exact) mass is 450 g/mol. The molecule has 3 heteroatoms. The molecule has 0 aromatic rings. The molecular formula is C29H54O3. The molecule has 0 aliphatic heterocycles. The summed E-state index contributed by atoms with van der Waals surface area (Å²) in [5.74, 6) is -0.101. The van der Waals surface area contributed by atoms with Gasteiger partial charge in [0.05, 0.1) is 13.2 Å². The van der Waals surface area contributed by atoms with Crippen LogP contribution in [0.4, 0.5) is 0 Å². The van der Waals surface area contributed by atoms with Crippen LogP contribution < -0.4 is 0 Å². The summed E-state index contributed by atoms with van der Waals surface area (Å²) in [6.45, 7) is 2.28. The quantitative estimate of drug-likeness (QED) is 0.0907. The van der Waals surface area contributed by atoms with Crippen LogP contribution in [0.25, 0.3) is 0 Å². The van der Waals surface area contributed by atoms with Crippen LogP contribution in [-0.2, 0) is 9.53 Å². The molecule has 0 bridgehead atoms. The molecule has 0 radical (unpaired) electrons. The molecule has 0 spiro atoms. The van der Waals surface area contributed by atoms with Gasteiger partial charge in [-0.15, -0.1) is 0 Å². The van der Waals surface area contributed by atoms with E-state index in [2.05, 4.69) is 23.8 Å². The summed E-state index contributed by atoms with van der Waals surface area (Å²) in [7, 11) is 1.45. The second-order valence-corrected chi connectivity index (χ2v) is 9.29. The van der Waals surface area contributed by atoms with Gasteiger partial charge in [0.15, 0.2) is 0 Å². The molecular weight excluding hydrogens is 396 g/mol. The lowest BCUT2D eigenvalue weighted by molar-refractivity contribution is -0.140. The Labute approximate surface area is 200 Å². The zero-order chi connectivity index (χ0) is 23.5. The largest absolute Gasteiger partial charge is 0.469 e. The van der Waals surface area contributed by atoms with E-state index in [0.717, 1.165) is 32.1 Å². The van der Waals surface area contributed by atoms with E-state index in [1.807, 2.05) is 12.2 Å². The standard InChI is InChI=1S/C29H54O3/c1-3-4-5-6-7-8-9-10-11-13-16-19-22-25-28(30)26-23-20-17-14-12-15-18-21-24-27-29(31)32-2/h17,20,23,26,28,30H,3-16,18-19,21-22,24-25,27H2,1-2H3/b20-17+,26-23+. The van der Waals surface area contributed by atoms with Crippen LogP contribution in [-0.4, -0.2) is 24.3 Å². The number of unbranched alkanes of at least 4 members (excludes halogenated alkanes) is 17. The summed E-state index contributed by atoms with van der Waals surface area (Å²) in [6, 6.07) is 0. The third-order valence-corrected chi connectivity index (χ3v) is 6.16. The number of hydrogen-bond donors (Lipinski definition) is 1. The lowest BCUT2D eigenvalue weighted by Crippen LogP contribution is -2.01. The Morgan fingerprint density at radius 3 is 1.78 bits per heavy atom. The molecule has 1 N–H and O–H groups in total. The van der Waals surface area contributed by atoms with Crippen LogP contribution in [0.15, 0.2) is 24.3 Å². The number of hydrogen-bond acceptors (Lipinski definition) is 3. The Morgan fingerprint density at radius 2 is 1.22 bits per heavy atom. The third kappa shape index (κ3) is 25.2. The SMILES string of the molecule is CCCCCCCCCCCCCCCC(O)/C=C/C=C/CCCCCCCC(=O)OC. The summed E-state index contributed by atoms with van der Waals surface area (Å²) in [5, 5.41) is 10.1. The molecule has 1 unspecified atom stereocenters. The van der Waals surface area contributed by atoms with Crippen molar-refractivity contribution in [1.82, 2.24) is 0 Å². The van der Waals surface area contributed by atoms with Gasteiger partial charge in [-0.3, -0.25) is 4.79 Å². The van der Waals surface area contributed by atoms with Gasteiger partial charge in [0.25, 0.3) is 0 Å². The number of ether oxygens (including phenoxy) is 1. The number of aliphatic hydroxyl groups excluding tert-OH is 1. The summed E-state index contributed by atoms with van der Waals surface area (Å²) < 4.78 is 4.64. The minimum Gasteiger partial charge on any atom is -0.469 e. The molecule has 0 aromatic carbocycles. The van der Waals surface area contributed by atoms with Gasteiger partial charge in [0, 0.05) is 6.42 Å². The van der Waals surface area contributed by atoms with Crippen LogP contribution >= 0.6 is 0 Å². The summed E-state index contributed by atoms with van der Waals surface area (Å²) in [4.78, 5) is 11.0. The first-order valence-corrected chi connectivity index (χ1v) is 13.8. The lowest BCUT2D eigenvalue weighted by Gasteiger charge is -2.05. The van der Waals surface area contributed by atoms with E-state index >= 15 is 0 Å². The average Bonchev–Trinajstić information content (AvgIpc) is 2.80. The maximum atomic E-state index is 11.0. The molecule has 0 aliphatic rings. The zero-order valence-electron chi connectivity index (χ0n) is 21.5. The number of aliphatic hydroxyl groups is 1. The number of allylic oxidation sites excluding steroid dienone is 3. The van der Waals surface area contributed by atoms with E-state index in [4.69, 9.17) is 0 Å². The van der Waals surface area contributed by atoms with Gasteiger partial charge in [0.1, 0.15) is 0 Å². The fourth-order valence-corrected chi connectivity index (χ4v) is 4.00. The number of carbonyl (C=O) groups excluding carboxylic acids is 1. The van der Waals surface area contributed by atoms with Crippen molar-refractivity contribution in [2.45, 2.75) is 148 Å². The normalized spacial score (nSPS) is 12.7. The summed E-state index contributed by atoms with van der Waals surface area (Å²) in [5.41, 5.74) is 0. The Hall–Kier alpha value is -1.09. The first kappa shape index (κ1) is 30.9. The molecule has 3 nitrogen and oxygen atoms in total. The molecule has 0 heterocycles. The predicted octanol–water partition coefficient (Wildman–Crippen LogP) is 8.84. The van der Waals surface area contributed by atoms with Crippen LogP contribution in [0.2, 0.25) is 0 Å². The zero-order valence-corrected chi connectivity index (χ0v) is 21.5. The summed E-state index contributed by atoms with van der Waals surface area (Å²) >= 11 is 0. The average molecular weight is 451 g/mol. The highest BCUT2D eigenvalue weighted by atomic mass is 16.5. The topological polar surface area (TPSA) is 46.5 Å². The molecule has 0 fully saturated rings. The van der Waals surface area contributed by atoms with E-state index in [-0.39, 0.29) is 12.1 Å². The number of rotatable bonds is 24. The molecule has 0 saturated heterocycles. The van der Waals surface area contributed by atoms with Gasteiger partial charge in [-0.05, 0) is 25.7 Å². The smallest absolute Gasteiger partial charge is 0.305 e. The first-order chi connectivity index (χ1) is 15.7. The van der Waals surface area contributed by atoms with Gasteiger partial charge in [-0.2, -0.15) is 0 Å². The molecule has 0 rings (SSSR count). The van der Waals surface area contributed by atoms with Crippen molar-refractivity contribution >= 4 is 5.97 Å². The highest BCUT2D eigenvalue weighted by Gasteiger charge is 2.00. The van der Waals surface area contributed by atoms with Crippen LogP contribution in [0, 0.1) is 0 Å². The Kier molecular flexibility index (Phi) is 25.3. The predicted molar refractivity (Wildman–Crippen MR) is 139 cm³/mol. The maximum absolute atomic E-state index is 11.0. The molecule has 32 heavy (non-hydrogen) atoms. The van der Waals surface area contributed by atoms with Crippen molar-refractivity contribution in [2.75, 3.05) is 7.11 Å². The molecule has 0 amide bonds.